The van der Waals surface area contributed by atoms with E-state index in [1.807, 2.05) is 0 Å². The third-order valence-corrected chi connectivity index (χ3v) is 3.43. The maximum atomic E-state index is 13.6. The zero-order chi connectivity index (χ0) is 16.1. The molecule has 0 aromatic heterocycles. The van der Waals surface area contributed by atoms with E-state index in [0.29, 0.717) is 17.4 Å². The first-order valence-corrected chi connectivity index (χ1v) is 7.07. The zero-order valence-corrected chi connectivity index (χ0v) is 13.2. The van der Waals surface area contributed by atoms with Crippen molar-refractivity contribution in [1.82, 2.24) is 0 Å². The Bertz CT molecular complexity index is 709. The molecule has 1 amide bonds. The fourth-order valence-electron chi connectivity index (χ4n) is 1.80. The van der Waals surface area contributed by atoms with Crippen LogP contribution in [-0.2, 0) is 4.79 Å². The smallest absolute Gasteiger partial charge is 0.248 e. The van der Waals surface area contributed by atoms with Gasteiger partial charge < -0.3 is 10.1 Å². The molecule has 0 aliphatic heterocycles. The SMILES string of the molecule is COc1ccccc1/C=C/C(=O)Nc1c(F)cc(F)cc1Br. The number of anilines is 1. The Morgan fingerprint density at radius 1 is 1.27 bits per heavy atom. The second kappa shape index (κ2) is 7.17. The first-order chi connectivity index (χ1) is 10.5. The molecule has 6 heteroatoms. The van der Waals surface area contributed by atoms with Crippen molar-refractivity contribution in [2.45, 2.75) is 0 Å². The molecule has 114 valence electrons. The molecule has 1 N–H and O–H groups in total. The van der Waals surface area contributed by atoms with Gasteiger partial charge in [-0.15, -0.1) is 0 Å². The number of carbonyl (C=O) groups excluding carboxylic acids is 1. The van der Waals surface area contributed by atoms with Gasteiger partial charge in [-0.1, -0.05) is 18.2 Å². The van der Waals surface area contributed by atoms with Crippen molar-refractivity contribution in [3.63, 3.8) is 0 Å². The van der Waals surface area contributed by atoms with Gasteiger partial charge in [-0.05, 0) is 34.1 Å². The molecule has 2 aromatic rings. The number of hydrogen-bond acceptors (Lipinski definition) is 2. The van der Waals surface area contributed by atoms with Crippen LogP contribution >= 0.6 is 15.9 Å². The second-order valence-corrected chi connectivity index (χ2v) is 5.16. The van der Waals surface area contributed by atoms with Gasteiger partial charge in [-0.2, -0.15) is 0 Å². The molecule has 0 unspecified atom stereocenters. The lowest BCUT2D eigenvalue weighted by molar-refractivity contribution is -0.111. The van der Waals surface area contributed by atoms with E-state index in [9.17, 15) is 13.6 Å². The molecular weight excluding hydrogens is 356 g/mol. The summed E-state index contributed by atoms with van der Waals surface area (Å²) in [6.45, 7) is 0. The van der Waals surface area contributed by atoms with Crippen LogP contribution in [0.5, 0.6) is 5.75 Å². The topological polar surface area (TPSA) is 38.3 Å². The molecule has 3 nitrogen and oxygen atoms in total. The molecule has 2 rings (SSSR count). The van der Waals surface area contributed by atoms with Gasteiger partial charge in [-0.3, -0.25) is 4.79 Å². The Labute approximate surface area is 134 Å². The number of halogens is 3. The van der Waals surface area contributed by atoms with E-state index in [1.165, 1.54) is 13.2 Å². The minimum Gasteiger partial charge on any atom is -0.496 e. The summed E-state index contributed by atoms with van der Waals surface area (Å²) in [6.07, 6.45) is 2.79. The Balaban J connectivity index is 2.15. The molecule has 0 spiro atoms. The molecule has 0 saturated heterocycles. The highest BCUT2D eigenvalue weighted by atomic mass is 79.9. The number of rotatable bonds is 4. The summed E-state index contributed by atoms with van der Waals surface area (Å²) in [6, 6.07) is 8.91. The first kappa shape index (κ1) is 16.2. The molecule has 0 heterocycles. The van der Waals surface area contributed by atoms with E-state index in [-0.39, 0.29) is 10.2 Å². The van der Waals surface area contributed by atoms with Crippen LogP contribution in [-0.4, -0.2) is 13.0 Å². The quantitative estimate of drug-likeness (QED) is 0.813. The molecule has 0 fully saturated rings. The lowest BCUT2D eigenvalue weighted by Gasteiger charge is -2.07. The number of nitrogens with one attached hydrogen (secondary N) is 1. The summed E-state index contributed by atoms with van der Waals surface area (Å²) in [7, 11) is 1.53. The highest BCUT2D eigenvalue weighted by Gasteiger charge is 2.11. The molecule has 0 saturated carbocycles. The number of carbonyl (C=O) groups is 1. The maximum absolute atomic E-state index is 13.6. The molecule has 22 heavy (non-hydrogen) atoms. The number of benzene rings is 2. The Morgan fingerprint density at radius 2 is 2.00 bits per heavy atom. The van der Waals surface area contributed by atoms with Crippen LogP contribution in [0.4, 0.5) is 14.5 Å². The van der Waals surface area contributed by atoms with E-state index >= 15 is 0 Å². The molecule has 0 bridgehead atoms. The summed E-state index contributed by atoms with van der Waals surface area (Å²) in [5, 5.41) is 2.36. The van der Waals surface area contributed by atoms with Crippen LogP contribution < -0.4 is 10.1 Å². The van der Waals surface area contributed by atoms with Crippen molar-refractivity contribution in [3.8, 4) is 5.75 Å². The van der Waals surface area contributed by atoms with Gasteiger partial charge in [0.05, 0.1) is 12.8 Å². The normalized spacial score (nSPS) is 10.7. The van der Waals surface area contributed by atoms with E-state index < -0.39 is 17.5 Å². The predicted octanol–water partition coefficient (Wildman–Crippen LogP) is 4.39. The molecule has 2 aromatic carbocycles. The zero-order valence-electron chi connectivity index (χ0n) is 11.6. The summed E-state index contributed by atoms with van der Waals surface area (Å²) >= 11 is 3.01. The van der Waals surface area contributed by atoms with Crippen LogP contribution in [0.2, 0.25) is 0 Å². The maximum Gasteiger partial charge on any atom is 0.248 e. The number of amides is 1. The van der Waals surface area contributed by atoms with Gasteiger partial charge in [-0.25, -0.2) is 8.78 Å². The fraction of sp³-hybridized carbons (Fsp3) is 0.0625. The van der Waals surface area contributed by atoms with E-state index in [0.717, 1.165) is 6.07 Å². The standard InChI is InChI=1S/C16H12BrF2NO2/c1-22-14-5-3-2-4-10(14)6-7-15(21)20-16-12(17)8-11(18)9-13(16)19/h2-9H,1H3,(H,20,21)/b7-6+. The summed E-state index contributed by atoms with van der Waals surface area (Å²) in [5.41, 5.74) is 0.592. The van der Waals surface area contributed by atoms with Crippen molar-refractivity contribution in [1.29, 1.82) is 0 Å². The van der Waals surface area contributed by atoms with E-state index in [1.54, 1.807) is 30.3 Å². The van der Waals surface area contributed by atoms with Gasteiger partial charge >= 0.3 is 0 Å². The predicted molar refractivity (Wildman–Crippen MR) is 84.7 cm³/mol. The third-order valence-electron chi connectivity index (χ3n) is 2.81. The van der Waals surface area contributed by atoms with Gasteiger partial charge in [0.1, 0.15) is 11.6 Å². The lowest BCUT2D eigenvalue weighted by atomic mass is 10.2. The Kier molecular flexibility index (Phi) is 5.27. The van der Waals surface area contributed by atoms with Crippen LogP contribution in [0.25, 0.3) is 6.08 Å². The third kappa shape index (κ3) is 3.92. The van der Waals surface area contributed by atoms with Crippen molar-refractivity contribution in [3.05, 3.63) is 64.1 Å². The minimum absolute atomic E-state index is 0.115. The average Bonchev–Trinajstić information content (AvgIpc) is 2.49. The Hall–Kier alpha value is -2.21. The summed E-state index contributed by atoms with van der Waals surface area (Å²) in [5.74, 6) is -1.52. The van der Waals surface area contributed by atoms with Crippen molar-refractivity contribution < 1.29 is 18.3 Å². The van der Waals surface area contributed by atoms with Crippen LogP contribution in [0.1, 0.15) is 5.56 Å². The monoisotopic (exact) mass is 367 g/mol. The number of para-hydroxylation sites is 1. The van der Waals surface area contributed by atoms with Gasteiger partial charge in [0.15, 0.2) is 5.82 Å². The average molecular weight is 368 g/mol. The van der Waals surface area contributed by atoms with E-state index in [2.05, 4.69) is 21.2 Å². The van der Waals surface area contributed by atoms with Crippen molar-refractivity contribution in [2.24, 2.45) is 0 Å². The molecule has 0 atom stereocenters. The Morgan fingerprint density at radius 3 is 2.68 bits per heavy atom. The minimum atomic E-state index is -0.856. The van der Waals surface area contributed by atoms with Gasteiger partial charge in [0, 0.05) is 22.2 Å². The summed E-state index contributed by atoms with van der Waals surface area (Å²) < 4.78 is 31.9. The van der Waals surface area contributed by atoms with E-state index in [4.69, 9.17) is 4.74 Å². The second-order valence-electron chi connectivity index (χ2n) is 4.31. The lowest BCUT2D eigenvalue weighted by Crippen LogP contribution is -2.10. The number of methoxy groups -OCH3 is 1. The highest BCUT2D eigenvalue weighted by molar-refractivity contribution is 9.10. The van der Waals surface area contributed by atoms with Gasteiger partial charge in [0.2, 0.25) is 5.91 Å². The first-order valence-electron chi connectivity index (χ1n) is 6.28. The number of ether oxygens (including phenoxy) is 1. The molecule has 0 radical (unpaired) electrons. The number of hydrogen-bond donors (Lipinski definition) is 1. The van der Waals surface area contributed by atoms with Crippen molar-refractivity contribution in [2.75, 3.05) is 12.4 Å². The highest BCUT2D eigenvalue weighted by Crippen LogP contribution is 2.27. The van der Waals surface area contributed by atoms with Crippen LogP contribution in [0.15, 0.2) is 46.9 Å². The summed E-state index contributed by atoms with van der Waals surface area (Å²) in [4.78, 5) is 11.9. The van der Waals surface area contributed by atoms with Crippen LogP contribution in [0.3, 0.4) is 0 Å². The van der Waals surface area contributed by atoms with Gasteiger partial charge in [0.25, 0.3) is 0 Å². The van der Waals surface area contributed by atoms with Crippen LogP contribution in [0, 0.1) is 11.6 Å². The van der Waals surface area contributed by atoms with Crippen molar-refractivity contribution >= 4 is 33.6 Å². The largest absolute Gasteiger partial charge is 0.496 e. The molecular formula is C16H12BrF2NO2. The molecule has 0 aliphatic rings. The molecule has 0 aliphatic carbocycles. The fourth-order valence-corrected chi connectivity index (χ4v) is 2.30.